The van der Waals surface area contributed by atoms with E-state index in [1.54, 1.807) is 30.3 Å². The zero-order chi connectivity index (χ0) is 21.0. The van der Waals surface area contributed by atoms with E-state index in [4.69, 9.17) is 13.9 Å². The third-order valence-electron chi connectivity index (χ3n) is 4.61. The lowest BCUT2D eigenvalue weighted by molar-refractivity contribution is -0.130. The molecule has 0 saturated carbocycles. The van der Waals surface area contributed by atoms with Crippen LogP contribution >= 0.6 is 0 Å². The van der Waals surface area contributed by atoms with E-state index < -0.39 is 23.5 Å². The number of hydrogen-bond donors (Lipinski definition) is 1. The highest BCUT2D eigenvalue weighted by Crippen LogP contribution is 2.39. The quantitative estimate of drug-likeness (QED) is 0.649. The zero-order valence-corrected chi connectivity index (χ0v) is 16.8. The van der Waals surface area contributed by atoms with E-state index in [2.05, 4.69) is 13.8 Å². The number of rotatable bonds is 9. The normalized spacial score (nSPS) is 16.8. The SMILES string of the molecule is COCCN1C(=O)C(O)=C(C(=O)c2ccco2)C1c1ccc(OCC(C)C)cc1. The second-order valence-electron chi connectivity index (χ2n) is 7.24. The van der Waals surface area contributed by atoms with Crippen LogP contribution in [0.4, 0.5) is 0 Å². The van der Waals surface area contributed by atoms with Gasteiger partial charge in [0.1, 0.15) is 5.75 Å². The maximum Gasteiger partial charge on any atom is 0.290 e. The van der Waals surface area contributed by atoms with Crippen molar-refractivity contribution >= 4 is 11.7 Å². The highest BCUT2D eigenvalue weighted by atomic mass is 16.5. The summed E-state index contributed by atoms with van der Waals surface area (Å²) in [5.74, 6) is -0.540. The van der Waals surface area contributed by atoms with Crippen molar-refractivity contribution in [3.8, 4) is 5.75 Å². The summed E-state index contributed by atoms with van der Waals surface area (Å²) >= 11 is 0. The molecule has 0 radical (unpaired) electrons. The number of ketones is 1. The van der Waals surface area contributed by atoms with Crippen LogP contribution in [0.3, 0.4) is 0 Å². The fraction of sp³-hybridized carbons (Fsp3) is 0.364. The zero-order valence-electron chi connectivity index (χ0n) is 16.8. The van der Waals surface area contributed by atoms with Crippen molar-refractivity contribution in [2.75, 3.05) is 26.9 Å². The van der Waals surface area contributed by atoms with Crippen molar-refractivity contribution in [1.29, 1.82) is 0 Å². The molecule has 0 fully saturated rings. The van der Waals surface area contributed by atoms with E-state index in [-0.39, 0.29) is 24.5 Å². The van der Waals surface area contributed by atoms with Gasteiger partial charge in [-0.3, -0.25) is 9.59 Å². The van der Waals surface area contributed by atoms with Gasteiger partial charge in [-0.05, 0) is 35.7 Å². The van der Waals surface area contributed by atoms with Crippen molar-refractivity contribution in [2.24, 2.45) is 5.92 Å². The summed E-state index contributed by atoms with van der Waals surface area (Å²) in [6.07, 6.45) is 1.38. The second kappa shape index (κ2) is 8.96. The molecule has 2 heterocycles. The standard InChI is InChI=1S/C22H25NO6/c1-14(2)13-29-16-8-6-15(7-9-16)19-18(20(24)17-5-4-11-28-17)21(25)22(26)23(19)10-12-27-3/h4-9,11,14,19,25H,10,12-13H2,1-3H3. The Morgan fingerprint density at radius 1 is 1.24 bits per heavy atom. The minimum atomic E-state index is -0.741. The molecule has 0 spiro atoms. The van der Waals surface area contributed by atoms with Crippen molar-refractivity contribution in [1.82, 2.24) is 4.90 Å². The number of Topliss-reactive ketones (excluding diaryl/α,β-unsaturated/α-hetero) is 1. The molecular formula is C22H25NO6. The third kappa shape index (κ3) is 4.35. The number of aliphatic hydroxyl groups is 1. The molecule has 1 aliphatic heterocycles. The molecular weight excluding hydrogens is 374 g/mol. The monoisotopic (exact) mass is 399 g/mol. The van der Waals surface area contributed by atoms with Gasteiger partial charge in [0.05, 0.1) is 31.1 Å². The van der Waals surface area contributed by atoms with E-state index in [1.807, 2.05) is 0 Å². The van der Waals surface area contributed by atoms with E-state index in [1.165, 1.54) is 24.3 Å². The summed E-state index contributed by atoms with van der Waals surface area (Å²) < 4.78 is 16.0. The Morgan fingerprint density at radius 3 is 2.55 bits per heavy atom. The molecule has 0 saturated heterocycles. The van der Waals surface area contributed by atoms with Gasteiger partial charge in [0.15, 0.2) is 11.5 Å². The Morgan fingerprint density at radius 2 is 1.97 bits per heavy atom. The Labute approximate surface area is 169 Å². The summed E-state index contributed by atoms with van der Waals surface area (Å²) in [5.41, 5.74) is 0.683. The molecule has 3 rings (SSSR count). The Balaban J connectivity index is 1.95. The van der Waals surface area contributed by atoms with Crippen LogP contribution < -0.4 is 4.74 Å². The molecule has 1 aromatic carbocycles. The third-order valence-corrected chi connectivity index (χ3v) is 4.61. The predicted molar refractivity (Wildman–Crippen MR) is 106 cm³/mol. The van der Waals surface area contributed by atoms with Crippen molar-refractivity contribution in [3.63, 3.8) is 0 Å². The number of aliphatic hydroxyl groups excluding tert-OH is 1. The van der Waals surface area contributed by atoms with Gasteiger partial charge in [-0.1, -0.05) is 26.0 Å². The summed E-state index contributed by atoms with van der Waals surface area (Å²) in [4.78, 5) is 27.1. The fourth-order valence-electron chi connectivity index (χ4n) is 3.20. The molecule has 0 bridgehead atoms. The van der Waals surface area contributed by atoms with Crippen LogP contribution in [0.1, 0.15) is 36.0 Å². The minimum Gasteiger partial charge on any atom is -0.503 e. The number of methoxy groups -OCH3 is 1. The average Bonchev–Trinajstić information content (AvgIpc) is 3.33. The lowest BCUT2D eigenvalue weighted by Gasteiger charge is -2.26. The molecule has 29 heavy (non-hydrogen) atoms. The molecule has 7 heteroatoms. The highest BCUT2D eigenvalue weighted by molar-refractivity contribution is 6.15. The van der Waals surface area contributed by atoms with Gasteiger partial charge < -0.3 is 23.9 Å². The van der Waals surface area contributed by atoms with Crippen LogP contribution in [-0.4, -0.2) is 48.6 Å². The van der Waals surface area contributed by atoms with E-state index in [0.29, 0.717) is 23.8 Å². The number of carbonyl (C=O) groups is 2. The summed E-state index contributed by atoms with van der Waals surface area (Å²) in [5, 5.41) is 10.5. The van der Waals surface area contributed by atoms with Crippen LogP contribution in [0.25, 0.3) is 0 Å². The van der Waals surface area contributed by atoms with Gasteiger partial charge in [-0.15, -0.1) is 0 Å². The van der Waals surface area contributed by atoms with Gasteiger partial charge in [-0.2, -0.15) is 0 Å². The van der Waals surface area contributed by atoms with Crippen molar-refractivity contribution in [3.05, 3.63) is 65.3 Å². The first kappa shape index (κ1) is 20.7. The van der Waals surface area contributed by atoms with Crippen LogP contribution in [0.2, 0.25) is 0 Å². The molecule has 7 nitrogen and oxygen atoms in total. The molecule has 1 aromatic heterocycles. The van der Waals surface area contributed by atoms with Gasteiger partial charge in [0.2, 0.25) is 5.78 Å². The van der Waals surface area contributed by atoms with Crippen molar-refractivity contribution < 1.29 is 28.6 Å². The molecule has 1 unspecified atom stereocenters. The topological polar surface area (TPSA) is 89.2 Å². The van der Waals surface area contributed by atoms with Gasteiger partial charge in [0, 0.05) is 13.7 Å². The molecule has 1 amide bonds. The minimum absolute atomic E-state index is 0.00287. The van der Waals surface area contributed by atoms with E-state index in [0.717, 1.165) is 0 Å². The molecule has 1 aliphatic rings. The summed E-state index contributed by atoms with van der Waals surface area (Å²) in [6.45, 7) is 5.21. The maximum atomic E-state index is 13.0. The number of ether oxygens (including phenoxy) is 2. The fourth-order valence-corrected chi connectivity index (χ4v) is 3.20. The second-order valence-corrected chi connectivity index (χ2v) is 7.24. The smallest absolute Gasteiger partial charge is 0.290 e. The lowest BCUT2D eigenvalue weighted by atomic mass is 9.95. The number of carbonyl (C=O) groups excluding carboxylic acids is 2. The Bertz CT molecular complexity index is 883. The van der Waals surface area contributed by atoms with Crippen LogP contribution in [0.15, 0.2) is 58.4 Å². The Kier molecular flexibility index (Phi) is 6.39. The first-order chi connectivity index (χ1) is 13.9. The van der Waals surface area contributed by atoms with Gasteiger partial charge in [-0.25, -0.2) is 0 Å². The molecule has 154 valence electrons. The van der Waals surface area contributed by atoms with E-state index >= 15 is 0 Å². The maximum absolute atomic E-state index is 13.0. The molecule has 2 aromatic rings. The first-order valence-corrected chi connectivity index (χ1v) is 9.48. The van der Waals surface area contributed by atoms with Crippen LogP contribution in [0, 0.1) is 5.92 Å². The summed E-state index contributed by atoms with van der Waals surface area (Å²) in [6, 6.07) is 9.52. The summed E-state index contributed by atoms with van der Waals surface area (Å²) in [7, 11) is 1.53. The number of nitrogens with zero attached hydrogens (tertiary/aromatic N) is 1. The lowest BCUT2D eigenvalue weighted by Crippen LogP contribution is -2.34. The number of benzene rings is 1. The van der Waals surface area contributed by atoms with Crippen molar-refractivity contribution in [2.45, 2.75) is 19.9 Å². The molecule has 0 aliphatic carbocycles. The highest BCUT2D eigenvalue weighted by Gasteiger charge is 2.44. The van der Waals surface area contributed by atoms with Crippen LogP contribution in [0.5, 0.6) is 5.75 Å². The Hall–Kier alpha value is -3.06. The largest absolute Gasteiger partial charge is 0.503 e. The molecule has 1 atom stereocenters. The first-order valence-electron chi connectivity index (χ1n) is 9.48. The number of hydrogen-bond acceptors (Lipinski definition) is 6. The van der Waals surface area contributed by atoms with Gasteiger partial charge >= 0.3 is 0 Å². The molecule has 1 N–H and O–H groups in total. The number of furan rings is 1. The van der Waals surface area contributed by atoms with Crippen LogP contribution in [-0.2, 0) is 9.53 Å². The number of amides is 1. The predicted octanol–water partition coefficient (Wildman–Crippen LogP) is 3.54. The van der Waals surface area contributed by atoms with Gasteiger partial charge in [0.25, 0.3) is 5.91 Å². The average molecular weight is 399 g/mol. The van der Waals surface area contributed by atoms with E-state index in [9.17, 15) is 14.7 Å².